The Morgan fingerprint density at radius 3 is 2.62 bits per heavy atom. The fourth-order valence-electron chi connectivity index (χ4n) is 3.82. The maximum atomic E-state index is 13.4. The van der Waals surface area contributed by atoms with Crippen molar-refractivity contribution in [2.75, 3.05) is 7.11 Å². The zero-order valence-electron chi connectivity index (χ0n) is 19.1. The predicted molar refractivity (Wildman–Crippen MR) is 125 cm³/mol. The number of thioether (sulfide) groups is 1. The van der Waals surface area contributed by atoms with Crippen LogP contribution in [0.1, 0.15) is 58.6 Å². The topological polar surface area (TPSA) is 80.2 Å². The molecule has 7 nitrogen and oxygen atoms in total. The lowest BCUT2D eigenvalue weighted by molar-refractivity contribution is -0.150. The van der Waals surface area contributed by atoms with Crippen LogP contribution in [0.15, 0.2) is 51.6 Å². The fourth-order valence-corrected chi connectivity index (χ4v) is 4.79. The smallest absolute Gasteiger partial charge is 0.338 e. The molecule has 3 aliphatic rings. The molecular formula is C24H29N3O4S. The van der Waals surface area contributed by atoms with E-state index in [2.05, 4.69) is 5.32 Å². The Kier molecular flexibility index (Phi) is 6.07. The highest BCUT2D eigenvalue weighted by Crippen LogP contribution is 2.47. The first-order valence-corrected chi connectivity index (χ1v) is 11.7. The maximum absolute atomic E-state index is 13.4. The molecule has 4 rings (SSSR count). The van der Waals surface area contributed by atoms with Gasteiger partial charge in [-0.25, -0.2) is 9.79 Å². The lowest BCUT2D eigenvalue weighted by atomic mass is 9.93. The molecule has 1 aliphatic carbocycles. The van der Waals surface area contributed by atoms with Crippen molar-refractivity contribution in [3.05, 3.63) is 52.2 Å². The Balaban J connectivity index is 1.76. The summed E-state index contributed by atoms with van der Waals surface area (Å²) < 4.78 is 11.4. The van der Waals surface area contributed by atoms with Crippen LogP contribution in [-0.4, -0.2) is 40.7 Å². The molecular weight excluding hydrogens is 426 g/mol. The number of rotatable bonds is 6. The summed E-state index contributed by atoms with van der Waals surface area (Å²) in [4.78, 5) is 32.6. The summed E-state index contributed by atoms with van der Waals surface area (Å²) in [5.74, 6) is 0.211. The first-order chi connectivity index (χ1) is 15.2. The minimum absolute atomic E-state index is 0.0236. The Labute approximate surface area is 192 Å². The van der Waals surface area contributed by atoms with Gasteiger partial charge in [-0.05, 0) is 52.0 Å². The van der Waals surface area contributed by atoms with Crippen molar-refractivity contribution in [2.24, 2.45) is 4.99 Å². The van der Waals surface area contributed by atoms with E-state index in [4.69, 9.17) is 14.5 Å². The van der Waals surface area contributed by atoms with Crippen molar-refractivity contribution < 1.29 is 19.1 Å². The standard InChI is InChI=1S/C24H29N3O4S/c1-14-20(22(29)31-24(2,3)4)21(17-8-6-7-9-18(17)30-5)27-16(13-32-23(27)25-14)12-19(28)26-15-10-11-15/h6-9,13,15,21H,10-12H2,1-5H3,(H,26,28)/t21-/m1/s1. The molecule has 170 valence electrons. The van der Waals surface area contributed by atoms with E-state index in [1.807, 2.05) is 62.3 Å². The third kappa shape index (κ3) is 4.70. The second kappa shape index (κ2) is 8.65. The Hall–Kier alpha value is -2.74. The van der Waals surface area contributed by atoms with Crippen LogP contribution in [-0.2, 0) is 14.3 Å². The van der Waals surface area contributed by atoms with Gasteiger partial charge in [-0.3, -0.25) is 4.79 Å². The molecule has 0 unspecified atom stereocenters. The molecule has 1 N–H and O–H groups in total. The number of para-hydroxylation sites is 1. The first kappa shape index (κ1) is 22.5. The quantitative estimate of drug-likeness (QED) is 0.645. The van der Waals surface area contributed by atoms with Gasteiger partial charge in [0.05, 0.1) is 30.8 Å². The molecule has 1 fully saturated rings. The molecule has 1 amide bonds. The zero-order chi connectivity index (χ0) is 23.0. The molecule has 1 saturated carbocycles. The highest BCUT2D eigenvalue weighted by atomic mass is 32.2. The van der Waals surface area contributed by atoms with Gasteiger partial charge in [0.2, 0.25) is 5.91 Å². The third-order valence-corrected chi connectivity index (χ3v) is 6.23. The Morgan fingerprint density at radius 2 is 1.97 bits per heavy atom. The van der Waals surface area contributed by atoms with Gasteiger partial charge < -0.3 is 19.7 Å². The molecule has 1 aromatic rings. The van der Waals surface area contributed by atoms with E-state index in [0.29, 0.717) is 17.0 Å². The SMILES string of the molecule is COc1ccccc1[C@@H]1C(C(=O)OC(C)(C)C)=C(C)N=C2SC=C(CC(=O)NC3CC3)N21. The summed E-state index contributed by atoms with van der Waals surface area (Å²) >= 11 is 1.46. The van der Waals surface area contributed by atoms with Crippen LogP contribution >= 0.6 is 11.8 Å². The number of benzene rings is 1. The van der Waals surface area contributed by atoms with Crippen LogP contribution in [0.3, 0.4) is 0 Å². The molecule has 0 bridgehead atoms. The first-order valence-electron chi connectivity index (χ1n) is 10.8. The van der Waals surface area contributed by atoms with Crippen LogP contribution in [0.25, 0.3) is 0 Å². The van der Waals surface area contributed by atoms with Gasteiger partial charge in [0, 0.05) is 17.3 Å². The molecule has 2 heterocycles. The summed E-state index contributed by atoms with van der Waals surface area (Å²) in [6.45, 7) is 7.35. The number of carbonyl (C=O) groups is 2. The fraction of sp³-hybridized carbons (Fsp3) is 0.458. The van der Waals surface area contributed by atoms with Gasteiger partial charge in [0.15, 0.2) is 5.17 Å². The number of hydrogen-bond acceptors (Lipinski definition) is 7. The van der Waals surface area contributed by atoms with Gasteiger partial charge in [-0.2, -0.15) is 0 Å². The summed E-state index contributed by atoms with van der Waals surface area (Å²) in [5, 5.41) is 5.72. The number of fused-ring (bicyclic) bond motifs is 1. The Morgan fingerprint density at radius 1 is 1.25 bits per heavy atom. The van der Waals surface area contributed by atoms with E-state index < -0.39 is 17.6 Å². The number of nitrogens with zero attached hydrogens (tertiary/aromatic N) is 2. The number of esters is 1. The van der Waals surface area contributed by atoms with E-state index in [9.17, 15) is 9.59 Å². The molecule has 1 atom stereocenters. The zero-order valence-corrected chi connectivity index (χ0v) is 19.9. The van der Waals surface area contributed by atoms with Crippen molar-refractivity contribution in [1.82, 2.24) is 10.2 Å². The molecule has 0 radical (unpaired) electrons. The highest BCUT2D eigenvalue weighted by Gasteiger charge is 2.43. The van der Waals surface area contributed by atoms with E-state index in [0.717, 1.165) is 29.3 Å². The number of amidine groups is 1. The molecule has 0 aromatic heterocycles. The van der Waals surface area contributed by atoms with Crippen LogP contribution in [0.5, 0.6) is 5.75 Å². The summed E-state index contributed by atoms with van der Waals surface area (Å²) in [6, 6.07) is 7.39. The van der Waals surface area contributed by atoms with Gasteiger partial charge in [0.25, 0.3) is 0 Å². The van der Waals surface area contributed by atoms with Crippen molar-refractivity contribution in [1.29, 1.82) is 0 Å². The number of methoxy groups -OCH3 is 1. The number of nitrogens with one attached hydrogen (secondary N) is 1. The van der Waals surface area contributed by atoms with Crippen LogP contribution in [0.4, 0.5) is 0 Å². The van der Waals surface area contributed by atoms with Crippen LogP contribution in [0, 0.1) is 0 Å². The molecule has 32 heavy (non-hydrogen) atoms. The van der Waals surface area contributed by atoms with Crippen LogP contribution in [0.2, 0.25) is 0 Å². The lowest BCUT2D eigenvalue weighted by Crippen LogP contribution is -2.39. The van der Waals surface area contributed by atoms with Gasteiger partial charge >= 0.3 is 5.97 Å². The number of carbonyl (C=O) groups excluding carboxylic acids is 2. The van der Waals surface area contributed by atoms with Gasteiger partial charge in [0.1, 0.15) is 11.4 Å². The number of allylic oxidation sites excluding steroid dienone is 1. The van der Waals surface area contributed by atoms with Gasteiger partial charge in [-0.1, -0.05) is 30.0 Å². The van der Waals surface area contributed by atoms with E-state index >= 15 is 0 Å². The summed E-state index contributed by atoms with van der Waals surface area (Å²) in [5.41, 5.74) is 2.02. The number of amides is 1. The van der Waals surface area contributed by atoms with Crippen molar-refractivity contribution in [3.8, 4) is 5.75 Å². The molecule has 8 heteroatoms. The summed E-state index contributed by atoms with van der Waals surface area (Å²) in [6.07, 6.45) is 2.28. The minimum Gasteiger partial charge on any atom is -0.496 e. The lowest BCUT2D eigenvalue weighted by Gasteiger charge is -2.37. The van der Waals surface area contributed by atoms with Crippen LogP contribution < -0.4 is 10.1 Å². The van der Waals surface area contributed by atoms with Crippen molar-refractivity contribution in [3.63, 3.8) is 0 Å². The maximum Gasteiger partial charge on any atom is 0.338 e. The average Bonchev–Trinajstić information content (AvgIpc) is 3.44. The van der Waals surface area contributed by atoms with Crippen molar-refractivity contribution in [2.45, 2.75) is 64.6 Å². The van der Waals surface area contributed by atoms with Crippen molar-refractivity contribution >= 4 is 28.8 Å². The third-order valence-electron chi connectivity index (χ3n) is 5.34. The average molecular weight is 456 g/mol. The molecule has 2 aliphatic heterocycles. The second-order valence-corrected chi connectivity index (χ2v) is 9.99. The van der Waals surface area contributed by atoms with Gasteiger partial charge in [-0.15, -0.1) is 0 Å². The normalized spacial score (nSPS) is 20.4. The Bertz CT molecular complexity index is 1030. The predicted octanol–water partition coefficient (Wildman–Crippen LogP) is 4.28. The second-order valence-electron chi connectivity index (χ2n) is 9.16. The highest BCUT2D eigenvalue weighted by molar-refractivity contribution is 8.16. The van der Waals surface area contributed by atoms with E-state index in [1.54, 1.807) is 7.11 Å². The summed E-state index contributed by atoms with van der Waals surface area (Å²) in [7, 11) is 1.61. The number of ether oxygens (including phenoxy) is 2. The van der Waals surface area contributed by atoms with E-state index in [1.165, 1.54) is 11.8 Å². The largest absolute Gasteiger partial charge is 0.496 e. The molecule has 0 saturated heterocycles. The minimum atomic E-state index is -0.651. The monoisotopic (exact) mass is 455 g/mol. The van der Waals surface area contributed by atoms with E-state index in [-0.39, 0.29) is 18.4 Å². The number of aliphatic imine (C=N–C) groups is 1. The molecule has 1 aromatic carbocycles. The molecule has 0 spiro atoms. The number of hydrogen-bond donors (Lipinski definition) is 1.